The second kappa shape index (κ2) is 6.70. The van der Waals surface area contributed by atoms with Crippen LogP contribution in [0.3, 0.4) is 0 Å². The Morgan fingerprint density at radius 3 is 2.54 bits per heavy atom. The largest absolute Gasteiger partial charge is 0.496 e. The van der Waals surface area contributed by atoms with Crippen LogP contribution in [0.1, 0.15) is 5.56 Å². The van der Waals surface area contributed by atoms with Crippen molar-refractivity contribution in [2.75, 3.05) is 26.2 Å². The van der Waals surface area contributed by atoms with Crippen molar-refractivity contribution in [2.45, 2.75) is 6.54 Å². The van der Waals surface area contributed by atoms with Crippen LogP contribution in [-0.4, -0.2) is 31.2 Å². The highest BCUT2D eigenvalue weighted by atomic mass is 19.1. The third-order valence-electron chi connectivity index (χ3n) is 3.82. The molecule has 2 aromatic carbocycles. The number of nitrogens with zero attached hydrogens (tertiary/aromatic N) is 3. The number of rotatable bonds is 5. The van der Waals surface area contributed by atoms with E-state index in [4.69, 9.17) is 9.47 Å². The van der Waals surface area contributed by atoms with E-state index in [0.717, 1.165) is 22.3 Å². The summed E-state index contributed by atoms with van der Waals surface area (Å²) >= 11 is 0. The molecule has 5 nitrogen and oxygen atoms in total. The van der Waals surface area contributed by atoms with E-state index in [1.54, 1.807) is 13.2 Å². The molecule has 3 aromatic rings. The molecule has 124 valence electrons. The SMILES string of the molecule is COc1ccc(CN(C)c2ncnc3cccc(OC)c23)cc1F. The van der Waals surface area contributed by atoms with Crippen molar-refractivity contribution >= 4 is 16.7 Å². The summed E-state index contributed by atoms with van der Waals surface area (Å²) in [5, 5.41) is 0.832. The van der Waals surface area contributed by atoms with Crippen molar-refractivity contribution in [3.05, 3.63) is 54.1 Å². The molecule has 24 heavy (non-hydrogen) atoms. The van der Waals surface area contributed by atoms with Gasteiger partial charge in [0.1, 0.15) is 17.9 Å². The van der Waals surface area contributed by atoms with Crippen LogP contribution in [0.15, 0.2) is 42.7 Å². The van der Waals surface area contributed by atoms with Crippen molar-refractivity contribution in [3.63, 3.8) is 0 Å². The molecule has 0 fully saturated rings. The number of benzene rings is 2. The molecule has 1 aromatic heterocycles. The maximum atomic E-state index is 13.9. The van der Waals surface area contributed by atoms with Gasteiger partial charge in [-0.1, -0.05) is 12.1 Å². The molecule has 0 amide bonds. The fourth-order valence-corrected chi connectivity index (χ4v) is 2.68. The van der Waals surface area contributed by atoms with Crippen LogP contribution in [0.5, 0.6) is 11.5 Å². The Morgan fingerprint density at radius 1 is 1.04 bits per heavy atom. The van der Waals surface area contributed by atoms with Gasteiger partial charge in [0.2, 0.25) is 0 Å². The fraction of sp³-hybridized carbons (Fsp3) is 0.222. The van der Waals surface area contributed by atoms with E-state index in [9.17, 15) is 4.39 Å². The second-order valence-electron chi connectivity index (χ2n) is 5.38. The molecular weight excluding hydrogens is 309 g/mol. The van der Waals surface area contributed by atoms with Crippen molar-refractivity contribution in [1.29, 1.82) is 0 Å². The molecule has 0 atom stereocenters. The molecule has 0 saturated heterocycles. The maximum absolute atomic E-state index is 13.9. The van der Waals surface area contributed by atoms with E-state index in [0.29, 0.717) is 12.3 Å². The maximum Gasteiger partial charge on any atom is 0.165 e. The zero-order valence-corrected chi connectivity index (χ0v) is 13.8. The van der Waals surface area contributed by atoms with Gasteiger partial charge in [0.05, 0.1) is 25.1 Å². The van der Waals surface area contributed by atoms with Gasteiger partial charge >= 0.3 is 0 Å². The number of aromatic nitrogens is 2. The lowest BCUT2D eigenvalue weighted by Gasteiger charge is -2.21. The summed E-state index contributed by atoms with van der Waals surface area (Å²) in [6.45, 7) is 0.491. The van der Waals surface area contributed by atoms with E-state index >= 15 is 0 Å². The Hall–Kier alpha value is -2.89. The molecule has 0 bridgehead atoms. The summed E-state index contributed by atoms with van der Waals surface area (Å²) in [6.07, 6.45) is 1.52. The normalized spacial score (nSPS) is 10.7. The molecule has 6 heteroatoms. The topological polar surface area (TPSA) is 47.5 Å². The fourth-order valence-electron chi connectivity index (χ4n) is 2.68. The molecule has 0 N–H and O–H groups in total. The predicted molar refractivity (Wildman–Crippen MR) is 91.1 cm³/mol. The first-order valence-electron chi connectivity index (χ1n) is 7.45. The van der Waals surface area contributed by atoms with Crippen LogP contribution in [-0.2, 0) is 6.54 Å². The van der Waals surface area contributed by atoms with Crippen LogP contribution in [0.2, 0.25) is 0 Å². The lowest BCUT2D eigenvalue weighted by molar-refractivity contribution is 0.386. The minimum atomic E-state index is -0.381. The zero-order valence-electron chi connectivity index (χ0n) is 13.8. The number of fused-ring (bicyclic) bond motifs is 1. The molecule has 3 rings (SSSR count). The molecule has 0 aliphatic rings. The van der Waals surface area contributed by atoms with Gasteiger partial charge in [0.25, 0.3) is 0 Å². The minimum absolute atomic E-state index is 0.232. The monoisotopic (exact) mass is 327 g/mol. The third kappa shape index (κ3) is 2.95. The molecule has 0 unspecified atom stereocenters. The van der Waals surface area contributed by atoms with Gasteiger partial charge < -0.3 is 14.4 Å². The van der Waals surface area contributed by atoms with Crippen LogP contribution in [0.4, 0.5) is 10.2 Å². The average molecular weight is 327 g/mol. The average Bonchev–Trinajstić information content (AvgIpc) is 2.60. The summed E-state index contributed by atoms with van der Waals surface area (Å²) in [6, 6.07) is 10.6. The Labute approximate surface area is 139 Å². The lowest BCUT2D eigenvalue weighted by atomic mass is 10.1. The Bertz CT molecular complexity index is 865. The van der Waals surface area contributed by atoms with Crippen LogP contribution in [0.25, 0.3) is 10.9 Å². The number of halogens is 1. The molecule has 0 aliphatic heterocycles. The van der Waals surface area contributed by atoms with Gasteiger partial charge in [-0.2, -0.15) is 0 Å². The smallest absolute Gasteiger partial charge is 0.165 e. The Morgan fingerprint density at radius 2 is 1.83 bits per heavy atom. The first kappa shape index (κ1) is 16.0. The van der Waals surface area contributed by atoms with Crippen molar-refractivity contribution in [1.82, 2.24) is 9.97 Å². The minimum Gasteiger partial charge on any atom is -0.496 e. The summed E-state index contributed by atoms with van der Waals surface area (Å²) in [7, 11) is 4.96. The number of hydrogen-bond donors (Lipinski definition) is 0. The van der Waals surface area contributed by atoms with Crippen LogP contribution < -0.4 is 14.4 Å². The molecule has 0 spiro atoms. The molecule has 0 radical (unpaired) electrons. The molecule has 0 aliphatic carbocycles. The van der Waals surface area contributed by atoms with Gasteiger partial charge in [0, 0.05) is 13.6 Å². The quantitative estimate of drug-likeness (QED) is 0.718. The second-order valence-corrected chi connectivity index (χ2v) is 5.38. The standard InChI is InChI=1S/C18H18FN3O2/c1-22(10-12-7-8-15(23-2)13(19)9-12)18-17-14(20-11-21-18)5-4-6-16(17)24-3/h4-9,11H,10H2,1-3H3. The zero-order chi connectivity index (χ0) is 17.1. The first-order valence-corrected chi connectivity index (χ1v) is 7.45. The number of ether oxygens (including phenoxy) is 2. The summed E-state index contributed by atoms with van der Waals surface area (Å²) < 4.78 is 24.3. The number of hydrogen-bond acceptors (Lipinski definition) is 5. The van der Waals surface area contributed by atoms with Gasteiger partial charge in [-0.25, -0.2) is 14.4 Å². The lowest BCUT2D eigenvalue weighted by Crippen LogP contribution is -2.18. The van der Waals surface area contributed by atoms with E-state index in [1.165, 1.54) is 19.5 Å². The predicted octanol–water partition coefficient (Wildman–Crippen LogP) is 3.42. The molecular formula is C18H18FN3O2. The summed E-state index contributed by atoms with van der Waals surface area (Å²) in [4.78, 5) is 10.6. The summed E-state index contributed by atoms with van der Waals surface area (Å²) in [5.74, 6) is 1.29. The van der Waals surface area contributed by atoms with E-state index < -0.39 is 0 Å². The number of anilines is 1. The first-order chi connectivity index (χ1) is 11.6. The molecule has 0 saturated carbocycles. The summed E-state index contributed by atoms with van der Waals surface area (Å²) in [5.41, 5.74) is 1.62. The van der Waals surface area contributed by atoms with Gasteiger partial charge in [0.15, 0.2) is 11.6 Å². The van der Waals surface area contributed by atoms with E-state index in [-0.39, 0.29) is 11.6 Å². The van der Waals surface area contributed by atoms with Gasteiger partial charge in [-0.15, -0.1) is 0 Å². The highest BCUT2D eigenvalue weighted by Gasteiger charge is 2.14. The number of methoxy groups -OCH3 is 2. The van der Waals surface area contributed by atoms with Crippen LogP contribution in [0, 0.1) is 5.82 Å². The Kier molecular flexibility index (Phi) is 4.46. The van der Waals surface area contributed by atoms with E-state index in [1.807, 2.05) is 36.2 Å². The highest BCUT2D eigenvalue weighted by Crippen LogP contribution is 2.31. The van der Waals surface area contributed by atoms with E-state index in [2.05, 4.69) is 9.97 Å². The highest BCUT2D eigenvalue weighted by molar-refractivity contribution is 5.94. The van der Waals surface area contributed by atoms with Crippen LogP contribution >= 0.6 is 0 Å². The Balaban J connectivity index is 1.97. The van der Waals surface area contributed by atoms with Crippen molar-refractivity contribution in [2.24, 2.45) is 0 Å². The van der Waals surface area contributed by atoms with Crippen molar-refractivity contribution < 1.29 is 13.9 Å². The molecule has 1 heterocycles. The van der Waals surface area contributed by atoms with Gasteiger partial charge in [-0.3, -0.25) is 0 Å². The third-order valence-corrected chi connectivity index (χ3v) is 3.82. The van der Waals surface area contributed by atoms with Crippen molar-refractivity contribution in [3.8, 4) is 11.5 Å². The van der Waals surface area contributed by atoms with Gasteiger partial charge in [-0.05, 0) is 29.8 Å².